The molecule has 1 aromatic heterocycles. The second kappa shape index (κ2) is 8.53. The Morgan fingerprint density at radius 1 is 1.11 bits per heavy atom. The van der Waals surface area contributed by atoms with Crippen molar-refractivity contribution >= 4 is 33.0 Å². The van der Waals surface area contributed by atoms with E-state index in [1.165, 1.54) is 21.7 Å². The van der Waals surface area contributed by atoms with Gasteiger partial charge in [-0.1, -0.05) is 24.3 Å². The van der Waals surface area contributed by atoms with Crippen LogP contribution in [0.5, 0.6) is 0 Å². The number of amides is 1. The molecule has 0 saturated heterocycles. The summed E-state index contributed by atoms with van der Waals surface area (Å²) in [6, 6.07) is 15.6. The van der Waals surface area contributed by atoms with Gasteiger partial charge in [0, 0.05) is 11.4 Å². The zero-order valence-electron chi connectivity index (χ0n) is 15.1. The number of benzene rings is 2. The van der Waals surface area contributed by atoms with E-state index in [4.69, 9.17) is 0 Å². The summed E-state index contributed by atoms with van der Waals surface area (Å²) < 4.78 is 41.6. The fraction of sp³-hybridized carbons (Fsp3) is 0.150. The first-order valence-electron chi connectivity index (χ1n) is 8.61. The number of halogens is 1. The number of thiophene rings is 1. The van der Waals surface area contributed by atoms with Gasteiger partial charge in [-0.15, -0.1) is 11.3 Å². The van der Waals surface area contributed by atoms with Crippen molar-refractivity contribution < 1.29 is 17.6 Å². The Bertz CT molecular complexity index is 1050. The highest BCUT2D eigenvalue weighted by molar-refractivity contribution is 7.92. The monoisotopic (exact) mass is 418 g/mol. The molecule has 0 atom stereocenters. The number of nitrogens with one attached hydrogen (secondary N) is 1. The Morgan fingerprint density at radius 3 is 2.50 bits per heavy atom. The van der Waals surface area contributed by atoms with Crippen LogP contribution in [0.4, 0.5) is 10.1 Å². The minimum atomic E-state index is -3.95. The third-order valence-electron chi connectivity index (χ3n) is 4.11. The van der Waals surface area contributed by atoms with E-state index in [1.54, 1.807) is 37.3 Å². The van der Waals surface area contributed by atoms with Crippen LogP contribution in [0, 0.1) is 5.82 Å². The van der Waals surface area contributed by atoms with Crippen LogP contribution < -0.4 is 9.62 Å². The molecule has 0 bridgehead atoms. The highest BCUT2D eigenvalue weighted by Crippen LogP contribution is 2.24. The van der Waals surface area contributed by atoms with Crippen LogP contribution >= 0.6 is 11.3 Å². The summed E-state index contributed by atoms with van der Waals surface area (Å²) in [4.78, 5) is 13.2. The van der Waals surface area contributed by atoms with Gasteiger partial charge < -0.3 is 5.32 Å². The quantitative estimate of drug-likeness (QED) is 0.630. The van der Waals surface area contributed by atoms with Crippen LogP contribution in [0.2, 0.25) is 0 Å². The average Bonchev–Trinajstić information content (AvgIpc) is 3.21. The third kappa shape index (κ3) is 4.23. The van der Waals surface area contributed by atoms with Gasteiger partial charge in [0.25, 0.3) is 15.9 Å². The second-order valence-electron chi connectivity index (χ2n) is 5.91. The lowest BCUT2D eigenvalue weighted by Crippen LogP contribution is -2.31. The molecule has 8 heteroatoms. The number of nitrogens with zero attached hydrogens (tertiary/aromatic N) is 1. The summed E-state index contributed by atoms with van der Waals surface area (Å²) in [7, 11) is -3.95. The van der Waals surface area contributed by atoms with E-state index in [0.29, 0.717) is 5.69 Å². The van der Waals surface area contributed by atoms with Crippen LogP contribution in [0.25, 0.3) is 0 Å². The predicted molar refractivity (Wildman–Crippen MR) is 109 cm³/mol. The van der Waals surface area contributed by atoms with Gasteiger partial charge in [0.2, 0.25) is 0 Å². The lowest BCUT2D eigenvalue weighted by Gasteiger charge is -2.23. The van der Waals surface area contributed by atoms with Crippen molar-refractivity contribution in [1.82, 2.24) is 5.32 Å². The normalized spacial score (nSPS) is 11.2. The minimum Gasteiger partial charge on any atom is -0.347 e. The summed E-state index contributed by atoms with van der Waals surface area (Å²) >= 11 is 1.47. The molecule has 5 nitrogen and oxygen atoms in total. The fourth-order valence-corrected chi connectivity index (χ4v) is 4.87. The molecule has 1 amide bonds. The standard InChI is InChI=1S/C20H19FN2O3S2/c1-2-23(15-7-4-3-5-8-15)28(25,26)17-10-11-19(21)18(13-17)20(24)22-14-16-9-6-12-27-16/h3-13H,2,14H2,1H3,(H,22,24). The number of hydrogen-bond acceptors (Lipinski definition) is 4. The zero-order valence-corrected chi connectivity index (χ0v) is 16.8. The first-order valence-corrected chi connectivity index (χ1v) is 10.9. The highest BCUT2D eigenvalue weighted by Gasteiger charge is 2.25. The van der Waals surface area contributed by atoms with E-state index >= 15 is 0 Å². The molecule has 28 heavy (non-hydrogen) atoms. The number of hydrogen-bond donors (Lipinski definition) is 1. The zero-order chi connectivity index (χ0) is 20.1. The van der Waals surface area contributed by atoms with Crippen molar-refractivity contribution in [2.75, 3.05) is 10.8 Å². The fourth-order valence-electron chi connectivity index (χ4n) is 2.73. The molecule has 0 radical (unpaired) electrons. The maximum atomic E-state index is 14.2. The van der Waals surface area contributed by atoms with Gasteiger partial charge in [0.1, 0.15) is 5.82 Å². The molecule has 3 aromatic rings. The lowest BCUT2D eigenvalue weighted by atomic mass is 10.2. The van der Waals surface area contributed by atoms with Crippen LogP contribution in [0.1, 0.15) is 22.2 Å². The van der Waals surface area contributed by atoms with Gasteiger partial charge in [-0.2, -0.15) is 0 Å². The van der Waals surface area contributed by atoms with E-state index in [-0.39, 0.29) is 23.5 Å². The molecule has 0 aliphatic carbocycles. The molecule has 0 saturated carbocycles. The van der Waals surface area contributed by atoms with E-state index in [9.17, 15) is 17.6 Å². The first kappa shape index (κ1) is 20.0. The predicted octanol–water partition coefficient (Wildman–Crippen LogP) is 4.03. The number of rotatable bonds is 7. The van der Waals surface area contributed by atoms with Gasteiger partial charge >= 0.3 is 0 Å². The Balaban J connectivity index is 1.90. The number of carbonyl (C=O) groups excluding carboxylic acids is 1. The Morgan fingerprint density at radius 2 is 1.86 bits per heavy atom. The maximum Gasteiger partial charge on any atom is 0.264 e. The Labute approximate surface area is 167 Å². The molecule has 3 rings (SSSR count). The van der Waals surface area contributed by atoms with E-state index in [0.717, 1.165) is 17.0 Å². The average molecular weight is 419 g/mol. The van der Waals surface area contributed by atoms with Crippen molar-refractivity contribution in [2.24, 2.45) is 0 Å². The lowest BCUT2D eigenvalue weighted by molar-refractivity contribution is 0.0947. The van der Waals surface area contributed by atoms with Gasteiger partial charge in [-0.25, -0.2) is 12.8 Å². The molecule has 0 aliphatic heterocycles. The van der Waals surface area contributed by atoms with Crippen LogP contribution in [-0.2, 0) is 16.6 Å². The SMILES string of the molecule is CCN(c1ccccc1)S(=O)(=O)c1ccc(F)c(C(=O)NCc2cccs2)c1. The van der Waals surface area contributed by atoms with Crippen LogP contribution in [0.15, 0.2) is 70.9 Å². The van der Waals surface area contributed by atoms with Gasteiger partial charge in [0.05, 0.1) is 22.7 Å². The van der Waals surface area contributed by atoms with E-state index < -0.39 is 21.7 Å². The Kier molecular flexibility index (Phi) is 6.11. The molecule has 1 heterocycles. The maximum absolute atomic E-state index is 14.2. The number of anilines is 1. The molecule has 0 fully saturated rings. The number of para-hydroxylation sites is 1. The molecule has 146 valence electrons. The number of sulfonamides is 1. The highest BCUT2D eigenvalue weighted by atomic mass is 32.2. The third-order valence-corrected chi connectivity index (χ3v) is 6.88. The smallest absolute Gasteiger partial charge is 0.264 e. The topological polar surface area (TPSA) is 66.5 Å². The molecular formula is C20H19FN2O3S2. The Hall–Kier alpha value is -2.71. The van der Waals surface area contributed by atoms with Crippen molar-refractivity contribution in [2.45, 2.75) is 18.4 Å². The molecule has 2 aromatic carbocycles. The van der Waals surface area contributed by atoms with Gasteiger partial charge in [-0.3, -0.25) is 9.10 Å². The van der Waals surface area contributed by atoms with Crippen LogP contribution in [-0.4, -0.2) is 20.9 Å². The molecule has 0 spiro atoms. The van der Waals surface area contributed by atoms with Gasteiger partial charge in [0.15, 0.2) is 0 Å². The molecular weight excluding hydrogens is 399 g/mol. The van der Waals surface area contributed by atoms with E-state index in [1.807, 2.05) is 17.5 Å². The van der Waals surface area contributed by atoms with Gasteiger partial charge in [-0.05, 0) is 48.7 Å². The molecule has 0 aliphatic rings. The summed E-state index contributed by atoms with van der Waals surface area (Å²) in [5.41, 5.74) is 0.194. The van der Waals surface area contributed by atoms with Crippen molar-refractivity contribution in [3.05, 3.63) is 82.3 Å². The molecule has 0 unspecified atom stereocenters. The van der Waals surface area contributed by atoms with E-state index in [2.05, 4.69) is 5.32 Å². The minimum absolute atomic E-state index is 0.138. The summed E-state index contributed by atoms with van der Waals surface area (Å²) in [6.45, 7) is 2.16. The second-order valence-corrected chi connectivity index (χ2v) is 8.80. The van der Waals surface area contributed by atoms with Crippen molar-refractivity contribution in [1.29, 1.82) is 0 Å². The van der Waals surface area contributed by atoms with Crippen molar-refractivity contribution in [3.63, 3.8) is 0 Å². The summed E-state index contributed by atoms with van der Waals surface area (Å²) in [6.07, 6.45) is 0. The number of carbonyl (C=O) groups is 1. The summed E-state index contributed by atoms with van der Waals surface area (Å²) in [5.74, 6) is -1.43. The molecule has 1 N–H and O–H groups in total. The first-order chi connectivity index (χ1) is 13.4. The largest absolute Gasteiger partial charge is 0.347 e. The summed E-state index contributed by atoms with van der Waals surface area (Å²) in [5, 5.41) is 4.49. The van der Waals surface area contributed by atoms with Crippen LogP contribution in [0.3, 0.4) is 0 Å². The van der Waals surface area contributed by atoms with Crippen molar-refractivity contribution in [3.8, 4) is 0 Å².